The summed E-state index contributed by atoms with van der Waals surface area (Å²) < 4.78 is 10.1. The fourth-order valence-corrected chi connectivity index (χ4v) is 2.65. The summed E-state index contributed by atoms with van der Waals surface area (Å²) in [6.45, 7) is 0.644. The molecule has 1 aliphatic rings. The van der Waals surface area contributed by atoms with Crippen LogP contribution in [-0.4, -0.2) is 31.7 Å². The number of ether oxygens (including phenoxy) is 2. The van der Waals surface area contributed by atoms with Gasteiger partial charge in [-0.3, -0.25) is 4.79 Å². The largest absolute Gasteiger partial charge is 0.465 e. The molecule has 130 valence electrons. The molecule has 0 aromatic heterocycles. The zero-order valence-corrected chi connectivity index (χ0v) is 14.0. The lowest BCUT2D eigenvalue weighted by Gasteiger charge is -2.12. The topological polar surface area (TPSA) is 76.7 Å². The summed E-state index contributed by atoms with van der Waals surface area (Å²) in [5.41, 5.74) is 2.82. The molecule has 1 unspecified atom stereocenters. The zero-order chi connectivity index (χ0) is 17.6. The van der Waals surface area contributed by atoms with E-state index in [9.17, 15) is 9.59 Å². The van der Waals surface area contributed by atoms with Gasteiger partial charge in [0, 0.05) is 23.7 Å². The predicted molar refractivity (Wildman–Crippen MR) is 95.1 cm³/mol. The van der Waals surface area contributed by atoms with E-state index in [0.29, 0.717) is 12.2 Å². The Kier molecular flexibility index (Phi) is 5.30. The first-order valence-corrected chi connectivity index (χ1v) is 8.13. The van der Waals surface area contributed by atoms with Crippen molar-refractivity contribution in [1.82, 2.24) is 0 Å². The molecule has 2 aromatic carbocycles. The molecule has 1 aliphatic heterocycles. The molecule has 1 saturated heterocycles. The van der Waals surface area contributed by atoms with E-state index in [0.717, 1.165) is 29.9 Å². The van der Waals surface area contributed by atoms with E-state index in [2.05, 4.69) is 10.6 Å². The molecule has 25 heavy (non-hydrogen) atoms. The van der Waals surface area contributed by atoms with E-state index in [-0.39, 0.29) is 18.0 Å². The summed E-state index contributed by atoms with van der Waals surface area (Å²) in [6, 6.07) is 14.4. The number of hydrogen-bond donors (Lipinski definition) is 2. The molecule has 2 aromatic rings. The van der Waals surface area contributed by atoms with Crippen LogP contribution < -0.4 is 10.6 Å². The number of hydrogen-bond acceptors (Lipinski definition) is 5. The highest BCUT2D eigenvalue weighted by atomic mass is 16.5. The van der Waals surface area contributed by atoms with Crippen LogP contribution in [0, 0.1) is 0 Å². The monoisotopic (exact) mass is 340 g/mol. The zero-order valence-electron chi connectivity index (χ0n) is 14.0. The first kappa shape index (κ1) is 17.0. The number of rotatable bonds is 5. The number of methoxy groups -OCH3 is 1. The van der Waals surface area contributed by atoms with Crippen molar-refractivity contribution in [3.8, 4) is 0 Å². The Labute approximate surface area is 146 Å². The summed E-state index contributed by atoms with van der Waals surface area (Å²) in [5, 5.41) is 6.07. The number of amides is 1. The van der Waals surface area contributed by atoms with Crippen LogP contribution in [-0.2, 0) is 14.3 Å². The van der Waals surface area contributed by atoms with E-state index in [1.54, 1.807) is 18.2 Å². The minimum atomic E-state index is -0.379. The Morgan fingerprint density at radius 2 is 1.84 bits per heavy atom. The number of anilines is 3. The van der Waals surface area contributed by atoms with Crippen molar-refractivity contribution < 1.29 is 19.1 Å². The summed E-state index contributed by atoms with van der Waals surface area (Å²) in [7, 11) is 1.35. The third kappa shape index (κ3) is 4.36. The molecule has 0 saturated carbocycles. The summed E-state index contributed by atoms with van der Waals surface area (Å²) in [6.07, 6.45) is 1.34. The molecule has 1 heterocycles. The van der Waals surface area contributed by atoms with Gasteiger partial charge in [0.1, 0.15) is 6.10 Å². The molecule has 0 radical (unpaired) electrons. The second kappa shape index (κ2) is 7.81. The number of benzene rings is 2. The van der Waals surface area contributed by atoms with Crippen LogP contribution in [0.5, 0.6) is 0 Å². The highest BCUT2D eigenvalue weighted by molar-refractivity contribution is 5.94. The Morgan fingerprint density at radius 1 is 1.08 bits per heavy atom. The minimum absolute atomic E-state index is 0.107. The number of carbonyl (C=O) groups excluding carboxylic acids is 2. The van der Waals surface area contributed by atoms with Crippen molar-refractivity contribution in [2.45, 2.75) is 18.9 Å². The van der Waals surface area contributed by atoms with Gasteiger partial charge in [-0.2, -0.15) is 0 Å². The molecule has 0 aliphatic carbocycles. The van der Waals surface area contributed by atoms with E-state index < -0.39 is 0 Å². The summed E-state index contributed by atoms with van der Waals surface area (Å²) in [5.74, 6) is -0.486. The van der Waals surface area contributed by atoms with Crippen LogP contribution in [0.3, 0.4) is 0 Å². The van der Waals surface area contributed by atoms with Gasteiger partial charge in [-0.15, -0.1) is 0 Å². The maximum Gasteiger partial charge on any atom is 0.337 e. The summed E-state index contributed by atoms with van der Waals surface area (Å²) in [4.78, 5) is 23.6. The maximum absolute atomic E-state index is 12.0. The van der Waals surface area contributed by atoms with E-state index in [1.807, 2.05) is 30.3 Å². The van der Waals surface area contributed by atoms with Crippen molar-refractivity contribution in [2.75, 3.05) is 24.4 Å². The van der Waals surface area contributed by atoms with Gasteiger partial charge in [0.2, 0.25) is 0 Å². The van der Waals surface area contributed by atoms with Crippen molar-refractivity contribution in [3.05, 3.63) is 54.1 Å². The number of carbonyl (C=O) groups is 2. The first-order valence-electron chi connectivity index (χ1n) is 8.13. The molecule has 0 bridgehead atoms. The molecular formula is C19H20N2O4. The third-order valence-electron chi connectivity index (χ3n) is 3.95. The van der Waals surface area contributed by atoms with E-state index in [1.165, 1.54) is 7.11 Å². The molecule has 0 spiro atoms. The van der Waals surface area contributed by atoms with Crippen LogP contribution in [0.15, 0.2) is 48.5 Å². The molecule has 1 amide bonds. The average molecular weight is 340 g/mol. The second-order valence-electron chi connectivity index (χ2n) is 5.77. The maximum atomic E-state index is 12.0. The van der Waals surface area contributed by atoms with Crippen LogP contribution in [0.25, 0.3) is 0 Å². The lowest BCUT2D eigenvalue weighted by Crippen LogP contribution is -2.26. The van der Waals surface area contributed by atoms with E-state index in [4.69, 9.17) is 9.47 Å². The standard InChI is InChI=1S/C19H20N2O4/c1-24-19(23)13-4-2-5-16(12-13)20-14-7-9-15(10-8-14)21-18(22)17-6-3-11-25-17/h2,4-5,7-10,12,17,20H,3,6,11H2,1H3,(H,21,22). The average Bonchev–Trinajstić information content (AvgIpc) is 3.18. The van der Waals surface area contributed by atoms with Gasteiger partial charge < -0.3 is 20.1 Å². The minimum Gasteiger partial charge on any atom is -0.465 e. The Hall–Kier alpha value is -2.86. The van der Waals surface area contributed by atoms with Gasteiger partial charge in [-0.05, 0) is 55.3 Å². The number of nitrogens with one attached hydrogen (secondary N) is 2. The number of esters is 1. The molecular weight excluding hydrogens is 320 g/mol. The van der Waals surface area contributed by atoms with Gasteiger partial charge in [0.15, 0.2) is 0 Å². The van der Waals surface area contributed by atoms with Gasteiger partial charge in [-0.1, -0.05) is 6.07 Å². The highest BCUT2D eigenvalue weighted by Crippen LogP contribution is 2.21. The molecule has 1 fully saturated rings. The normalized spacial score (nSPS) is 16.3. The van der Waals surface area contributed by atoms with Crippen molar-refractivity contribution >= 4 is 28.9 Å². The van der Waals surface area contributed by atoms with Gasteiger partial charge in [0.25, 0.3) is 5.91 Å². The van der Waals surface area contributed by atoms with Crippen molar-refractivity contribution in [2.24, 2.45) is 0 Å². The fourth-order valence-electron chi connectivity index (χ4n) is 2.65. The molecule has 6 heteroatoms. The van der Waals surface area contributed by atoms with E-state index >= 15 is 0 Å². The van der Waals surface area contributed by atoms with Crippen molar-refractivity contribution in [3.63, 3.8) is 0 Å². The van der Waals surface area contributed by atoms with Gasteiger partial charge in [0.05, 0.1) is 12.7 Å². The predicted octanol–water partition coefficient (Wildman–Crippen LogP) is 3.33. The van der Waals surface area contributed by atoms with Crippen LogP contribution in [0.1, 0.15) is 23.2 Å². The Morgan fingerprint density at radius 3 is 2.52 bits per heavy atom. The molecule has 3 rings (SSSR count). The van der Waals surface area contributed by atoms with Crippen LogP contribution in [0.4, 0.5) is 17.1 Å². The lowest BCUT2D eigenvalue weighted by atomic mass is 10.2. The lowest BCUT2D eigenvalue weighted by molar-refractivity contribution is -0.124. The van der Waals surface area contributed by atoms with Gasteiger partial charge >= 0.3 is 5.97 Å². The first-order chi connectivity index (χ1) is 12.2. The Balaban J connectivity index is 1.62. The smallest absolute Gasteiger partial charge is 0.337 e. The third-order valence-corrected chi connectivity index (χ3v) is 3.95. The van der Waals surface area contributed by atoms with Gasteiger partial charge in [-0.25, -0.2) is 4.79 Å². The molecule has 1 atom stereocenters. The molecule has 2 N–H and O–H groups in total. The van der Waals surface area contributed by atoms with Crippen molar-refractivity contribution in [1.29, 1.82) is 0 Å². The fraction of sp³-hybridized carbons (Fsp3) is 0.263. The molecule has 6 nitrogen and oxygen atoms in total. The second-order valence-corrected chi connectivity index (χ2v) is 5.77. The van der Waals surface area contributed by atoms with Crippen LogP contribution in [0.2, 0.25) is 0 Å². The quantitative estimate of drug-likeness (QED) is 0.817. The Bertz CT molecular complexity index is 752. The summed E-state index contributed by atoms with van der Waals surface area (Å²) >= 11 is 0. The van der Waals surface area contributed by atoms with Crippen LogP contribution >= 0.6 is 0 Å². The highest BCUT2D eigenvalue weighted by Gasteiger charge is 2.23. The SMILES string of the molecule is COC(=O)c1cccc(Nc2ccc(NC(=O)C3CCCO3)cc2)c1.